The first-order valence-corrected chi connectivity index (χ1v) is 9.28. The van der Waals surface area contributed by atoms with Crippen molar-refractivity contribution >= 4 is 5.69 Å². The zero-order valence-corrected chi connectivity index (χ0v) is 14.9. The van der Waals surface area contributed by atoms with Crippen LogP contribution in [0.4, 0.5) is 5.69 Å². The molecule has 0 amide bonds. The Morgan fingerprint density at radius 1 is 1.04 bits per heavy atom. The number of benzene rings is 2. The Kier molecular flexibility index (Phi) is 5.95. The quantitative estimate of drug-likeness (QED) is 0.688. The van der Waals surface area contributed by atoms with E-state index in [0.29, 0.717) is 5.92 Å². The Hall–Kier alpha value is -2.47. The van der Waals surface area contributed by atoms with Crippen molar-refractivity contribution in [3.8, 4) is 11.8 Å². The number of nitriles is 1. The zero-order chi connectivity index (χ0) is 17.5. The van der Waals surface area contributed by atoms with E-state index in [4.69, 9.17) is 10.00 Å². The van der Waals surface area contributed by atoms with Gasteiger partial charge in [-0.25, -0.2) is 0 Å². The van der Waals surface area contributed by atoms with E-state index in [2.05, 4.69) is 54.3 Å². The summed E-state index contributed by atoms with van der Waals surface area (Å²) in [4.78, 5) is 2.42. The number of nitrogens with zero attached hydrogens (tertiary/aromatic N) is 2. The van der Waals surface area contributed by atoms with Crippen molar-refractivity contribution in [2.24, 2.45) is 0 Å². The summed E-state index contributed by atoms with van der Waals surface area (Å²) in [5.74, 6) is 1.60. The van der Waals surface area contributed by atoms with Crippen LogP contribution in [-0.4, -0.2) is 19.7 Å². The van der Waals surface area contributed by atoms with Crippen molar-refractivity contribution in [3.05, 3.63) is 59.7 Å². The minimum absolute atomic E-state index is 0.624. The van der Waals surface area contributed by atoms with Gasteiger partial charge in [0.25, 0.3) is 0 Å². The normalized spacial score (nSPS) is 15.0. The minimum atomic E-state index is 0.624. The second kappa shape index (κ2) is 8.58. The number of anilines is 1. The van der Waals surface area contributed by atoms with Crippen LogP contribution in [0.3, 0.4) is 0 Å². The Balaban J connectivity index is 1.53. The second-order valence-electron chi connectivity index (χ2n) is 6.69. The fourth-order valence-corrected chi connectivity index (χ4v) is 3.39. The summed E-state index contributed by atoms with van der Waals surface area (Å²) in [5, 5.41) is 8.91. The van der Waals surface area contributed by atoms with E-state index in [1.807, 2.05) is 12.1 Å². The molecule has 0 aromatic heterocycles. The molecule has 2 aromatic rings. The van der Waals surface area contributed by atoms with Crippen LogP contribution in [0.25, 0.3) is 0 Å². The molecule has 3 heteroatoms. The van der Waals surface area contributed by atoms with Gasteiger partial charge in [-0.1, -0.05) is 25.5 Å². The smallest absolute Gasteiger partial charge is 0.119 e. The molecule has 1 aliphatic rings. The van der Waals surface area contributed by atoms with Gasteiger partial charge in [-0.05, 0) is 67.1 Å². The van der Waals surface area contributed by atoms with Crippen LogP contribution in [0, 0.1) is 11.3 Å². The van der Waals surface area contributed by atoms with E-state index in [1.165, 1.54) is 11.3 Å². The fourth-order valence-electron chi connectivity index (χ4n) is 3.39. The molecule has 1 fully saturated rings. The zero-order valence-electron chi connectivity index (χ0n) is 14.9. The van der Waals surface area contributed by atoms with E-state index < -0.39 is 0 Å². The van der Waals surface area contributed by atoms with Gasteiger partial charge in [0.05, 0.1) is 18.2 Å². The Bertz CT molecular complexity index is 692. The van der Waals surface area contributed by atoms with Crippen molar-refractivity contribution in [3.63, 3.8) is 0 Å². The van der Waals surface area contributed by atoms with E-state index in [9.17, 15) is 0 Å². The predicted molar refractivity (Wildman–Crippen MR) is 102 cm³/mol. The highest BCUT2D eigenvalue weighted by Gasteiger charge is 2.20. The molecule has 1 saturated heterocycles. The van der Waals surface area contributed by atoms with Gasteiger partial charge in [0.15, 0.2) is 0 Å². The van der Waals surface area contributed by atoms with Gasteiger partial charge < -0.3 is 9.64 Å². The number of ether oxygens (including phenoxy) is 1. The Labute approximate surface area is 150 Å². The summed E-state index contributed by atoms with van der Waals surface area (Å²) in [6.45, 7) is 5.10. The first-order valence-electron chi connectivity index (χ1n) is 9.28. The Morgan fingerprint density at radius 2 is 1.72 bits per heavy atom. The molecular formula is C22H26N2O. The van der Waals surface area contributed by atoms with Crippen molar-refractivity contribution in [1.29, 1.82) is 5.26 Å². The van der Waals surface area contributed by atoms with E-state index in [0.717, 1.165) is 56.7 Å². The molecular weight excluding hydrogens is 308 g/mol. The van der Waals surface area contributed by atoms with Crippen molar-refractivity contribution in [2.45, 2.75) is 38.5 Å². The van der Waals surface area contributed by atoms with Crippen molar-refractivity contribution < 1.29 is 4.74 Å². The summed E-state index contributed by atoms with van der Waals surface area (Å²) >= 11 is 0. The van der Waals surface area contributed by atoms with Gasteiger partial charge in [0.1, 0.15) is 5.75 Å². The van der Waals surface area contributed by atoms with E-state index in [-0.39, 0.29) is 0 Å². The predicted octanol–water partition coefficient (Wildman–Crippen LogP) is 5.12. The van der Waals surface area contributed by atoms with E-state index in [1.54, 1.807) is 0 Å². The standard InChI is InChI=1S/C22H26N2O/c1-2-3-16-25-22-10-6-19(7-11-22)20-12-14-24(15-13-20)21-8-4-18(17-23)5-9-21/h4-11,20H,2-3,12-16H2,1H3. The molecule has 1 aliphatic heterocycles. The lowest BCUT2D eigenvalue weighted by Crippen LogP contribution is -2.32. The monoisotopic (exact) mass is 334 g/mol. The molecule has 0 bridgehead atoms. The first kappa shape index (κ1) is 17.4. The molecule has 0 unspecified atom stereocenters. The number of hydrogen-bond acceptors (Lipinski definition) is 3. The third-order valence-corrected chi connectivity index (χ3v) is 4.97. The average molecular weight is 334 g/mol. The molecule has 0 spiro atoms. The third-order valence-electron chi connectivity index (χ3n) is 4.97. The molecule has 0 N–H and O–H groups in total. The van der Waals surface area contributed by atoms with Crippen molar-refractivity contribution in [1.82, 2.24) is 0 Å². The van der Waals surface area contributed by atoms with E-state index >= 15 is 0 Å². The molecule has 2 aromatic carbocycles. The molecule has 130 valence electrons. The second-order valence-corrected chi connectivity index (χ2v) is 6.69. The lowest BCUT2D eigenvalue weighted by molar-refractivity contribution is 0.309. The lowest BCUT2D eigenvalue weighted by Gasteiger charge is -2.34. The van der Waals surface area contributed by atoms with Gasteiger partial charge in [0.2, 0.25) is 0 Å². The first-order chi connectivity index (χ1) is 12.3. The molecule has 3 nitrogen and oxygen atoms in total. The van der Waals surface area contributed by atoms with Crippen LogP contribution in [-0.2, 0) is 0 Å². The summed E-state index contributed by atoms with van der Waals surface area (Å²) in [6, 6.07) is 18.8. The van der Waals surface area contributed by atoms with Gasteiger partial charge in [-0.3, -0.25) is 0 Å². The molecule has 25 heavy (non-hydrogen) atoms. The summed E-state index contributed by atoms with van der Waals surface area (Å²) in [5.41, 5.74) is 3.36. The topological polar surface area (TPSA) is 36.3 Å². The number of unbranched alkanes of at least 4 members (excludes halogenated alkanes) is 1. The highest BCUT2D eigenvalue weighted by molar-refractivity contribution is 5.50. The minimum Gasteiger partial charge on any atom is -0.494 e. The molecule has 3 rings (SSSR count). The summed E-state index contributed by atoms with van der Waals surface area (Å²) in [7, 11) is 0. The van der Waals surface area contributed by atoms with Gasteiger partial charge in [-0.15, -0.1) is 0 Å². The Morgan fingerprint density at radius 3 is 2.32 bits per heavy atom. The maximum atomic E-state index is 8.91. The third kappa shape index (κ3) is 4.54. The molecule has 0 radical (unpaired) electrons. The van der Waals surface area contributed by atoms with Crippen molar-refractivity contribution in [2.75, 3.05) is 24.6 Å². The number of rotatable bonds is 6. The fraction of sp³-hybridized carbons (Fsp3) is 0.409. The van der Waals surface area contributed by atoms with Crippen LogP contribution < -0.4 is 9.64 Å². The lowest BCUT2D eigenvalue weighted by atomic mass is 9.89. The average Bonchev–Trinajstić information content (AvgIpc) is 2.69. The molecule has 0 saturated carbocycles. The maximum absolute atomic E-state index is 8.91. The molecule has 1 heterocycles. The van der Waals surface area contributed by atoms with Crippen LogP contribution in [0.15, 0.2) is 48.5 Å². The highest BCUT2D eigenvalue weighted by Crippen LogP contribution is 2.31. The van der Waals surface area contributed by atoms with Crippen LogP contribution in [0.1, 0.15) is 49.7 Å². The van der Waals surface area contributed by atoms with Crippen LogP contribution >= 0.6 is 0 Å². The largest absolute Gasteiger partial charge is 0.494 e. The maximum Gasteiger partial charge on any atom is 0.119 e. The van der Waals surface area contributed by atoms with Crippen LogP contribution in [0.2, 0.25) is 0 Å². The number of piperidine rings is 1. The molecule has 0 atom stereocenters. The SMILES string of the molecule is CCCCOc1ccc(C2CCN(c3ccc(C#N)cc3)CC2)cc1. The summed E-state index contributed by atoms with van der Waals surface area (Å²) in [6.07, 6.45) is 4.59. The molecule has 0 aliphatic carbocycles. The highest BCUT2D eigenvalue weighted by atomic mass is 16.5. The summed E-state index contributed by atoms with van der Waals surface area (Å²) < 4.78 is 5.75. The van der Waals surface area contributed by atoms with Gasteiger partial charge >= 0.3 is 0 Å². The van der Waals surface area contributed by atoms with Crippen LogP contribution in [0.5, 0.6) is 5.75 Å². The van der Waals surface area contributed by atoms with Gasteiger partial charge in [0, 0.05) is 18.8 Å². The van der Waals surface area contributed by atoms with Gasteiger partial charge in [-0.2, -0.15) is 5.26 Å². The number of hydrogen-bond donors (Lipinski definition) is 0.